The van der Waals surface area contributed by atoms with Crippen molar-refractivity contribution in [3.8, 4) is 0 Å². The molecule has 0 spiro atoms. The van der Waals surface area contributed by atoms with Crippen molar-refractivity contribution in [1.82, 2.24) is 9.88 Å². The Labute approximate surface area is 119 Å². The standard InChI is InChI=1S/C14H21N3OS/c1-10(2)12-9-17(7-8-19-12)14(18)16-13-6-4-5-11(3)15-13/h4-6,10,12H,7-9H2,1-3H3,(H,15,16,18)/t12-/m1/s1. The lowest BCUT2D eigenvalue weighted by atomic mass is 10.1. The van der Waals surface area contributed by atoms with Crippen molar-refractivity contribution in [2.45, 2.75) is 26.0 Å². The van der Waals surface area contributed by atoms with Crippen LogP contribution in [0.5, 0.6) is 0 Å². The number of rotatable bonds is 2. The summed E-state index contributed by atoms with van der Waals surface area (Å²) in [4.78, 5) is 18.4. The zero-order chi connectivity index (χ0) is 13.8. The van der Waals surface area contributed by atoms with Gasteiger partial charge in [-0.3, -0.25) is 5.32 Å². The molecule has 0 aromatic carbocycles. The average molecular weight is 279 g/mol. The molecule has 0 unspecified atom stereocenters. The topological polar surface area (TPSA) is 45.2 Å². The second-order valence-corrected chi connectivity index (χ2v) is 6.54. The number of aromatic nitrogens is 1. The highest BCUT2D eigenvalue weighted by atomic mass is 32.2. The van der Waals surface area contributed by atoms with Gasteiger partial charge in [0.25, 0.3) is 0 Å². The van der Waals surface area contributed by atoms with E-state index in [1.807, 2.05) is 41.8 Å². The third kappa shape index (κ3) is 3.86. The van der Waals surface area contributed by atoms with Gasteiger partial charge in [0.2, 0.25) is 0 Å². The van der Waals surface area contributed by atoms with E-state index in [9.17, 15) is 4.79 Å². The van der Waals surface area contributed by atoms with Crippen LogP contribution in [0.4, 0.5) is 10.6 Å². The van der Waals surface area contributed by atoms with Gasteiger partial charge in [-0.15, -0.1) is 0 Å². The van der Waals surface area contributed by atoms with Crippen LogP contribution in [-0.4, -0.2) is 40.0 Å². The average Bonchev–Trinajstić information content (AvgIpc) is 2.39. The molecule has 104 valence electrons. The molecule has 1 N–H and O–H groups in total. The number of anilines is 1. The molecule has 1 aromatic rings. The lowest BCUT2D eigenvalue weighted by molar-refractivity contribution is 0.211. The van der Waals surface area contributed by atoms with Crippen molar-refractivity contribution >= 4 is 23.6 Å². The molecule has 0 saturated carbocycles. The van der Waals surface area contributed by atoms with Crippen molar-refractivity contribution in [3.63, 3.8) is 0 Å². The van der Waals surface area contributed by atoms with E-state index in [2.05, 4.69) is 24.1 Å². The Morgan fingerprint density at radius 3 is 3.00 bits per heavy atom. The van der Waals surface area contributed by atoms with Gasteiger partial charge in [-0.1, -0.05) is 19.9 Å². The van der Waals surface area contributed by atoms with Gasteiger partial charge in [0, 0.05) is 29.8 Å². The number of urea groups is 1. The molecule has 2 rings (SSSR count). The largest absolute Gasteiger partial charge is 0.323 e. The molecular weight excluding hydrogens is 258 g/mol. The predicted octanol–water partition coefficient (Wildman–Crippen LogP) is 3.00. The van der Waals surface area contributed by atoms with E-state index < -0.39 is 0 Å². The number of pyridine rings is 1. The molecule has 2 heterocycles. The molecule has 1 saturated heterocycles. The van der Waals surface area contributed by atoms with Crippen LogP contribution >= 0.6 is 11.8 Å². The molecule has 4 nitrogen and oxygen atoms in total. The molecule has 19 heavy (non-hydrogen) atoms. The number of nitrogens with one attached hydrogen (secondary N) is 1. The third-order valence-corrected chi connectivity index (χ3v) is 4.79. The monoisotopic (exact) mass is 279 g/mol. The number of aryl methyl sites for hydroxylation is 1. The maximum atomic E-state index is 12.2. The molecule has 1 aliphatic heterocycles. The smallest absolute Gasteiger partial charge is 0.323 e. The van der Waals surface area contributed by atoms with Crippen molar-refractivity contribution in [2.75, 3.05) is 24.2 Å². The maximum absolute atomic E-state index is 12.2. The van der Waals surface area contributed by atoms with Gasteiger partial charge in [0.05, 0.1) is 0 Å². The number of thioether (sulfide) groups is 1. The summed E-state index contributed by atoms with van der Waals surface area (Å²) in [7, 11) is 0. The molecular formula is C14H21N3OS. The summed E-state index contributed by atoms with van der Waals surface area (Å²) in [5.41, 5.74) is 0.909. The van der Waals surface area contributed by atoms with Crippen LogP contribution in [0.1, 0.15) is 19.5 Å². The molecule has 1 aromatic heterocycles. The number of amides is 2. The number of hydrogen-bond acceptors (Lipinski definition) is 3. The van der Waals surface area contributed by atoms with Crippen LogP contribution < -0.4 is 5.32 Å². The lowest BCUT2D eigenvalue weighted by Gasteiger charge is -2.34. The van der Waals surface area contributed by atoms with Crippen molar-refractivity contribution < 1.29 is 4.79 Å². The number of carbonyl (C=O) groups is 1. The Morgan fingerprint density at radius 1 is 1.53 bits per heavy atom. The molecule has 0 bridgehead atoms. The van der Waals surface area contributed by atoms with Crippen LogP contribution in [0.25, 0.3) is 0 Å². The molecule has 0 aliphatic carbocycles. The summed E-state index contributed by atoms with van der Waals surface area (Å²) in [6.45, 7) is 7.97. The second kappa shape index (κ2) is 6.28. The van der Waals surface area contributed by atoms with Crippen LogP contribution in [-0.2, 0) is 0 Å². The van der Waals surface area contributed by atoms with Gasteiger partial charge < -0.3 is 4.90 Å². The normalized spacial score (nSPS) is 19.6. The third-order valence-electron chi connectivity index (χ3n) is 3.25. The fraction of sp³-hybridized carbons (Fsp3) is 0.571. The Bertz CT molecular complexity index is 450. The first-order valence-corrected chi connectivity index (χ1v) is 7.72. The summed E-state index contributed by atoms with van der Waals surface area (Å²) in [5.74, 6) is 2.24. The van der Waals surface area contributed by atoms with E-state index in [1.165, 1.54) is 0 Å². The van der Waals surface area contributed by atoms with Crippen molar-refractivity contribution in [1.29, 1.82) is 0 Å². The summed E-state index contributed by atoms with van der Waals surface area (Å²) in [6, 6.07) is 5.61. The van der Waals surface area contributed by atoms with Crippen LogP contribution in [0, 0.1) is 12.8 Å². The molecule has 1 atom stereocenters. The molecule has 0 radical (unpaired) electrons. The number of nitrogens with zero attached hydrogens (tertiary/aromatic N) is 2. The van der Waals surface area contributed by atoms with Crippen LogP contribution in [0.2, 0.25) is 0 Å². The van der Waals surface area contributed by atoms with E-state index in [1.54, 1.807) is 0 Å². The lowest BCUT2D eigenvalue weighted by Crippen LogP contribution is -2.45. The highest BCUT2D eigenvalue weighted by molar-refractivity contribution is 8.00. The molecule has 1 aliphatic rings. The Morgan fingerprint density at radius 2 is 2.32 bits per heavy atom. The molecule has 1 fully saturated rings. The SMILES string of the molecule is Cc1cccc(NC(=O)N2CCS[C@@H](C(C)C)C2)n1. The molecule has 2 amide bonds. The van der Waals surface area contributed by atoms with Gasteiger partial charge in [0.1, 0.15) is 5.82 Å². The fourth-order valence-electron chi connectivity index (χ4n) is 2.06. The Balaban J connectivity index is 1.96. The van der Waals surface area contributed by atoms with Crippen LogP contribution in [0.15, 0.2) is 18.2 Å². The van der Waals surface area contributed by atoms with E-state index >= 15 is 0 Å². The van der Waals surface area contributed by atoms with E-state index in [-0.39, 0.29) is 6.03 Å². The maximum Gasteiger partial charge on any atom is 0.323 e. The summed E-state index contributed by atoms with van der Waals surface area (Å²) >= 11 is 1.96. The van der Waals surface area contributed by atoms with Gasteiger partial charge >= 0.3 is 6.03 Å². The summed E-state index contributed by atoms with van der Waals surface area (Å²) < 4.78 is 0. The minimum atomic E-state index is -0.0379. The van der Waals surface area contributed by atoms with E-state index in [0.29, 0.717) is 17.0 Å². The minimum Gasteiger partial charge on any atom is -0.323 e. The highest BCUT2D eigenvalue weighted by Crippen LogP contribution is 2.25. The van der Waals surface area contributed by atoms with Crippen LogP contribution in [0.3, 0.4) is 0 Å². The summed E-state index contributed by atoms with van der Waals surface area (Å²) in [5, 5.41) is 3.41. The second-order valence-electron chi connectivity index (χ2n) is 5.19. The van der Waals surface area contributed by atoms with Gasteiger partial charge in [0.15, 0.2) is 0 Å². The fourth-order valence-corrected chi connectivity index (χ4v) is 3.36. The minimum absolute atomic E-state index is 0.0379. The number of carbonyl (C=O) groups excluding carboxylic acids is 1. The first kappa shape index (κ1) is 14.2. The quantitative estimate of drug-likeness (QED) is 0.905. The Hall–Kier alpha value is -1.23. The zero-order valence-corrected chi connectivity index (χ0v) is 12.5. The predicted molar refractivity (Wildman–Crippen MR) is 80.6 cm³/mol. The van der Waals surface area contributed by atoms with Gasteiger partial charge in [-0.05, 0) is 25.0 Å². The van der Waals surface area contributed by atoms with Gasteiger partial charge in [-0.2, -0.15) is 11.8 Å². The Kier molecular flexibility index (Phi) is 4.69. The van der Waals surface area contributed by atoms with Crippen molar-refractivity contribution in [2.24, 2.45) is 5.92 Å². The van der Waals surface area contributed by atoms with Crippen molar-refractivity contribution in [3.05, 3.63) is 23.9 Å². The first-order valence-electron chi connectivity index (χ1n) is 6.67. The summed E-state index contributed by atoms with van der Waals surface area (Å²) in [6.07, 6.45) is 0. The van der Waals surface area contributed by atoms with Gasteiger partial charge in [-0.25, -0.2) is 9.78 Å². The zero-order valence-electron chi connectivity index (χ0n) is 11.7. The van der Waals surface area contributed by atoms with E-state index in [0.717, 1.165) is 24.5 Å². The number of hydrogen-bond donors (Lipinski definition) is 1. The first-order chi connectivity index (χ1) is 9.06. The molecule has 5 heteroatoms. The highest BCUT2D eigenvalue weighted by Gasteiger charge is 2.26. The van der Waals surface area contributed by atoms with E-state index in [4.69, 9.17) is 0 Å².